The third kappa shape index (κ3) is 4.37. The second-order valence-electron chi connectivity index (χ2n) is 8.72. The summed E-state index contributed by atoms with van der Waals surface area (Å²) in [6, 6.07) is 2.20. The number of halogens is 2. The Bertz CT molecular complexity index is 751. The van der Waals surface area contributed by atoms with Gasteiger partial charge >= 0.3 is 6.09 Å². The van der Waals surface area contributed by atoms with Gasteiger partial charge in [0.25, 0.3) is 0 Å². The van der Waals surface area contributed by atoms with Gasteiger partial charge in [-0.1, -0.05) is 25.3 Å². The third-order valence-corrected chi connectivity index (χ3v) is 5.52. The normalized spacial score (nSPS) is 23.6. The maximum atomic E-state index is 14.5. The number of amides is 1. The molecule has 2 atom stereocenters. The van der Waals surface area contributed by atoms with Crippen LogP contribution in [0.3, 0.4) is 0 Å². The first kappa shape index (κ1) is 20.8. The van der Waals surface area contributed by atoms with Crippen LogP contribution >= 0.6 is 0 Å². The summed E-state index contributed by atoms with van der Waals surface area (Å²) in [6.45, 7) is 4.96. The smallest absolute Gasteiger partial charge is 0.411 e. The molecule has 1 amide bonds. The molecule has 1 aromatic rings. The van der Waals surface area contributed by atoms with Crippen LogP contribution in [0.25, 0.3) is 5.57 Å². The van der Waals surface area contributed by atoms with Gasteiger partial charge in [0.05, 0.1) is 18.7 Å². The molecule has 2 unspecified atom stereocenters. The summed E-state index contributed by atoms with van der Waals surface area (Å²) in [5, 5.41) is 10.1. The fraction of sp³-hybridized carbons (Fsp3) is 0.591. The number of aliphatic hydroxyl groups excluding tert-OH is 1. The molecule has 0 saturated heterocycles. The van der Waals surface area contributed by atoms with E-state index in [2.05, 4.69) is 0 Å². The van der Waals surface area contributed by atoms with Crippen molar-refractivity contribution in [1.29, 1.82) is 0 Å². The lowest BCUT2D eigenvalue weighted by Crippen LogP contribution is -2.49. The van der Waals surface area contributed by atoms with E-state index < -0.39 is 29.4 Å². The summed E-state index contributed by atoms with van der Waals surface area (Å²) in [4.78, 5) is 14.5. The third-order valence-electron chi connectivity index (χ3n) is 5.52. The van der Waals surface area contributed by atoms with Crippen molar-refractivity contribution >= 4 is 11.7 Å². The van der Waals surface area contributed by atoms with E-state index in [0.717, 1.165) is 50.3 Å². The summed E-state index contributed by atoms with van der Waals surface area (Å²) >= 11 is 0. The number of aliphatic hydroxyl groups is 1. The SMILES string of the molecule is CC(C)(C)OC(=O)N1C(CO)C(c2cc(F)ccc2F)=CC1C1CCCCC1. The van der Waals surface area contributed by atoms with Crippen LogP contribution in [0, 0.1) is 17.6 Å². The summed E-state index contributed by atoms with van der Waals surface area (Å²) in [7, 11) is 0. The molecule has 0 bridgehead atoms. The first-order valence-corrected chi connectivity index (χ1v) is 10.0. The second-order valence-corrected chi connectivity index (χ2v) is 8.72. The zero-order valence-electron chi connectivity index (χ0n) is 16.8. The van der Waals surface area contributed by atoms with Crippen LogP contribution < -0.4 is 0 Å². The Morgan fingerprint density at radius 2 is 1.89 bits per heavy atom. The first-order valence-electron chi connectivity index (χ1n) is 10.0. The Morgan fingerprint density at radius 1 is 1.21 bits per heavy atom. The van der Waals surface area contributed by atoms with Crippen molar-refractivity contribution < 1.29 is 23.4 Å². The van der Waals surface area contributed by atoms with Crippen LogP contribution in [0.15, 0.2) is 24.3 Å². The van der Waals surface area contributed by atoms with E-state index in [1.807, 2.05) is 6.08 Å². The lowest BCUT2D eigenvalue weighted by atomic mass is 9.83. The largest absolute Gasteiger partial charge is 0.444 e. The number of hydrogen-bond donors (Lipinski definition) is 1. The fourth-order valence-corrected chi connectivity index (χ4v) is 4.31. The van der Waals surface area contributed by atoms with E-state index in [0.29, 0.717) is 5.57 Å². The van der Waals surface area contributed by atoms with Gasteiger partial charge in [-0.3, -0.25) is 4.90 Å². The minimum Gasteiger partial charge on any atom is -0.444 e. The molecule has 4 nitrogen and oxygen atoms in total. The topological polar surface area (TPSA) is 49.8 Å². The summed E-state index contributed by atoms with van der Waals surface area (Å²) in [5.41, 5.74) is -0.159. The van der Waals surface area contributed by atoms with Crippen molar-refractivity contribution in [3.05, 3.63) is 41.5 Å². The Kier molecular flexibility index (Phi) is 6.08. The van der Waals surface area contributed by atoms with E-state index in [9.17, 15) is 18.7 Å². The van der Waals surface area contributed by atoms with Crippen LogP contribution in [0.5, 0.6) is 0 Å². The molecule has 3 rings (SSSR count). The fourth-order valence-electron chi connectivity index (χ4n) is 4.31. The highest BCUT2D eigenvalue weighted by molar-refractivity contribution is 5.81. The van der Waals surface area contributed by atoms with Crippen molar-refractivity contribution in [2.24, 2.45) is 5.92 Å². The van der Waals surface area contributed by atoms with E-state index >= 15 is 0 Å². The number of rotatable bonds is 3. The molecule has 0 aromatic heterocycles. The van der Waals surface area contributed by atoms with Crippen molar-refractivity contribution in [1.82, 2.24) is 4.90 Å². The minimum atomic E-state index is -0.766. The van der Waals surface area contributed by atoms with Gasteiger partial charge in [-0.15, -0.1) is 0 Å². The molecule has 28 heavy (non-hydrogen) atoms. The molecule has 6 heteroatoms. The minimum absolute atomic E-state index is 0.0888. The van der Waals surface area contributed by atoms with Crippen molar-refractivity contribution in [3.63, 3.8) is 0 Å². The highest BCUT2D eigenvalue weighted by atomic mass is 19.1. The van der Waals surface area contributed by atoms with Crippen molar-refractivity contribution in [2.45, 2.75) is 70.6 Å². The highest BCUT2D eigenvalue weighted by Gasteiger charge is 2.44. The predicted molar refractivity (Wildman–Crippen MR) is 104 cm³/mol. The number of carbonyl (C=O) groups excluding carboxylic acids is 1. The number of nitrogens with zero attached hydrogens (tertiary/aromatic N) is 1. The van der Waals surface area contributed by atoms with Gasteiger partial charge in [-0.05, 0) is 63.3 Å². The van der Waals surface area contributed by atoms with Gasteiger partial charge in [0.2, 0.25) is 0 Å². The summed E-state index contributed by atoms with van der Waals surface area (Å²) in [6.07, 6.45) is 6.52. The Morgan fingerprint density at radius 3 is 2.50 bits per heavy atom. The van der Waals surface area contributed by atoms with E-state index in [1.54, 1.807) is 20.8 Å². The molecule has 1 saturated carbocycles. The molecule has 2 aliphatic rings. The maximum Gasteiger partial charge on any atom is 0.411 e. The second kappa shape index (κ2) is 8.19. The molecule has 1 aliphatic heterocycles. The van der Waals surface area contributed by atoms with Crippen LogP contribution in [-0.2, 0) is 4.74 Å². The molecule has 1 N–H and O–H groups in total. The monoisotopic (exact) mass is 393 g/mol. The summed E-state index contributed by atoms with van der Waals surface area (Å²) < 4.78 is 33.9. The standard InChI is InChI=1S/C22H29F2NO3/c1-22(2,3)28-21(27)25-19(14-7-5-4-6-8-14)12-17(20(25)13-26)16-11-15(23)9-10-18(16)24/h9-12,14,19-20,26H,4-8,13H2,1-3H3. The Balaban J connectivity index is 2.01. The highest BCUT2D eigenvalue weighted by Crippen LogP contribution is 2.40. The Hall–Kier alpha value is -1.95. The molecule has 1 aromatic carbocycles. The number of carbonyl (C=O) groups is 1. The molecule has 1 fully saturated rings. The molecular formula is C22H29F2NO3. The lowest BCUT2D eigenvalue weighted by Gasteiger charge is -2.37. The van der Waals surface area contributed by atoms with E-state index in [1.165, 1.54) is 4.90 Å². The molecule has 0 radical (unpaired) electrons. The zero-order chi connectivity index (χ0) is 20.5. The van der Waals surface area contributed by atoms with E-state index in [4.69, 9.17) is 4.74 Å². The lowest BCUT2D eigenvalue weighted by molar-refractivity contribution is 0.00487. The number of benzene rings is 1. The van der Waals surface area contributed by atoms with E-state index in [-0.39, 0.29) is 24.1 Å². The zero-order valence-corrected chi connectivity index (χ0v) is 16.8. The molecule has 154 valence electrons. The Labute approximate surface area is 165 Å². The van der Waals surface area contributed by atoms with Crippen molar-refractivity contribution in [2.75, 3.05) is 6.61 Å². The number of ether oxygens (including phenoxy) is 1. The van der Waals surface area contributed by atoms with Gasteiger partial charge in [0, 0.05) is 5.56 Å². The van der Waals surface area contributed by atoms with Gasteiger partial charge in [0.15, 0.2) is 0 Å². The maximum absolute atomic E-state index is 14.5. The van der Waals surface area contributed by atoms with Gasteiger partial charge in [0.1, 0.15) is 17.2 Å². The first-order chi connectivity index (χ1) is 13.2. The molecular weight excluding hydrogens is 364 g/mol. The molecule has 1 aliphatic carbocycles. The van der Waals surface area contributed by atoms with Crippen LogP contribution in [0.1, 0.15) is 58.4 Å². The van der Waals surface area contributed by atoms with Crippen LogP contribution in [0.4, 0.5) is 13.6 Å². The van der Waals surface area contributed by atoms with Crippen LogP contribution in [-0.4, -0.2) is 40.4 Å². The quantitative estimate of drug-likeness (QED) is 0.794. The summed E-state index contributed by atoms with van der Waals surface area (Å²) in [5.74, 6) is -0.914. The van der Waals surface area contributed by atoms with Gasteiger partial charge in [-0.25, -0.2) is 13.6 Å². The average molecular weight is 393 g/mol. The van der Waals surface area contributed by atoms with Crippen LogP contribution in [0.2, 0.25) is 0 Å². The predicted octanol–water partition coefficient (Wildman–Crippen LogP) is 4.91. The average Bonchev–Trinajstić information content (AvgIpc) is 3.02. The van der Waals surface area contributed by atoms with Gasteiger partial charge < -0.3 is 9.84 Å². The number of hydrogen-bond acceptors (Lipinski definition) is 3. The molecule has 0 spiro atoms. The van der Waals surface area contributed by atoms with Crippen molar-refractivity contribution in [3.8, 4) is 0 Å². The molecule has 1 heterocycles. The van der Waals surface area contributed by atoms with Gasteiger partial charge in [-0.2, -0.15) is 0 Å².